The number of amides is 2. The quantitative estimate of drug-likeness (QED) is 0.663. The van der Waals surface area contributed by atoms with E-state index >= 15 is 0 Å². The molecule has 4 rings (SSSR count). The Bertz CT molecular complexity index is 928. The number of thiocarbonyl (C=S) groups is 1. The second-order valence-electron chi connectivity index (χ2n) is 6.31. The van der Waals surface area contributed by atoms with E-state index in [4.69, 9.17) is 12.2 Å². The summed E-state index contributed by atoms with van der Waals surface area (Å²) in [6.45, 7) is 0.277. The normalized spacial score (nSPS) is 19.2. The van der Waals surface area contributed by atoms with Crippen LogP contribution in [-0.2, 0) is 16.1 Å². The van der Waals surface area contributed by atoms with E-state index in [1.54, 1.807) is 7.05 Å². The summed E-state index contributed by atoms with van der Waals surface area (Å²) in [5.74, 6) is -0.0620. The molecule has 0 radical (unpaired) electrons. The van der Waals surface area contributed by atoms with E-state index in [1.807, 2.05) is 41.1 Å². The zero-order valence-electron chi connectivity index (χ0n) is 13.7. The molecule has 25 heavy (non-hydrogen) atoms. The zero-order chi connectivity index (χ0) is 17.6. The van der Waals surface area contributed by atoms with E-state index < -0.39 is 0 Å². The van der Waals surface area contributed by atoms with Gasteiger partial charge in [0.25, 0.3) is 5.91 Å². The van der Waals surface area contributed by atoms with E-state index in [0.29, 0.717) is 15.3 Å². The molecule has 1 aliphatic carbocycles. The molecule has 1 N–H and O–H groups in total. The maximum Gasteiger partial charge on any atom is 0.265 e. The van der Waals surface area contributed by atoms with Crippen LogP contribution in [0.4, 0.5) is 0 Å². The van der Waals surface area contributed by atoms with Gasteiger partial charge in [-0.25, -0.2) is 0 Å². The lowest BCUT2D eigenvalue weighted by Crippen LogP contribution is -2.29. The summed E-state index contributed by atoms with van der Waals surface area (Å²) < 4.78 is 2.50. The molecule has 1 aromatic heterocycles. The first-order chi connectivity index (χ1) is 12.0. The van der Waals surface area contributed by atoms with Crippen LogP contribution in [0.5, 0.6) is 0 Å². The maximum atomic E-state index is 12.2. The van der Waals surface area contributed by atoms with E-state index in [9.17, 15) is 9.59 Å². The highest BCUT2D eigenvalue weighted by molar-refractivity contribution is 8.26. The van der Waals surface area contributed by atoms with Crippen molar-refractivity contribution < 1.29 is 9.59 Å². The summed E-state index contributed by atoms with van der Waals surface area (Å²) in [5.41, 5.74) is 1.90. The van der Waals surface area contributed by atoms with Gasteiger partial charge < -0.3 is 9.88 Å². The van der Waals surface area contributed by atoms with Crippen molar-refractivity contribution >= 4 is 57.1 Å². The molecular formula is C18H17N3O2S2. The van der Waals surface area contributed by atoms with Crippen LogP contribution >= 0.6 is 24.0 Å². The van der Waals surface area contributed by atoms with Gasteiger partial charge in [0.15, 0.2) is 0 Å². The Morgan fingerprint density at radius 2 is 2.16 bits per heavy atom. The highest BCUT2D eigenvalue weighted by atomic mass is 32.2. The second kappa shape index (κ2) is 6.31. The molecule has 2 heterocycles. The van der Waals surface area contributed by atoms with Crippen LogP contribution in [0.15, 0.2) is 35.4 Å². The zero-order valence-corrected chi connectivity index (χ0v) is 15.3. The van der Waals surface area contributed by atoms with Crippen LogP contribution in [0.3, 0.4) is 0 Å². The predicted octanol–water partition coefficient (Wildman–Crippen LogP) is 2.75. The fourth-order valence-electron chi connectivity index (χ4n) is 2.86. The molecule has 2 fully saturated rings. The van der Waals surface area contributed by atoms with Gasteiger partial charge in [-0.05, 0) is 25.0 Å². The van der Waals surface area contributed by atoms with Crippen molar-refractivity contribution in [2.45, 2.75) is 25.4 Å². The van der Waals surface area contributed by atoms with Crippen LogP contribution in [0.1, 0.15) is 18.4 Å². The molecule has 7 heteroatoms. The fourth-order valence-corrected chi connectivity index (χ4v) is 4.03. The van der Waals surface area contributed by atoms with Crippen LogP contribution in [0, 0.1) is 0 Å². The van der Waals surface area contributed by atoms with Gasteiger partial charge in [0.1, 0.15) is 10.9 Å². The predicted molar refractivity (Wildman–Crippen MR) is 104 cm³/mol. The number of benzene rings is 1. The number of nitrogens with zero attached hydrogens (tertiary/aromatic N) is 2. The third-order valence-electron chi connectivity index (χ3n) is 4.35. The topological polar surface area (TPSA) is 54.3 Å². The monoisotopic (exact) mass is 371 g/mol. The summed E-state index contributed by atoms with van der Waals surface area (Å²) in [6.07, 6.45) is 5.93. The van der Waals surface area contributed by atoms with Crippen molar-refractivity contribution in [3.05, 3.63) is 40.9 Å². The average Bonchev–Trinajstić information content (AvgIpc) is 3.30. The maximum absolute atomic E-state index is 12.2. The van der Waals surface area contributed by atoms with Crippen molar-refractivity contribution in [3.8, 4) is 0 Å². The minimum atomic E-state index is -0.0849. The molecule has 128 valence electrons. The highest BCUT2D eigenvalue weighted by Gasteiger charge is 2.29. The number of carbonyl (C=O) groups excluding carboxylic acids is 2. The second-order valence-corrected chi connectivity index (χ2v) is 7.99. The number of nitrogens with one attached hydrogen (secondary N) is 1. The van der Waals surface area contributed by atoms with Crippen LogP contribution in [0.25, 0.3) is 17.0 Å². The molecule has 0 atom stereocenters. The highest BCUT2D eigenvalue weighted by Crippen LogP contribution is 2.33. The first kappa shape index (κ1) is 16.4. The third-order valence-corrected chi connectivity index (χ3v) is 5.83. The summed E-state index contributed by atoms with van der Waals surface area (Å²) in [7, 11) is 1.68. The number of para-hydroxylation sites is 1. The van der Waals surface area contributed by atoms with Crippen molar-refractivity contribution in [3.63, 3.8) is 0 Å². The smallest absolute Gasteiger partial charge is 0.265 e. The van der Waals surface area contributed by atoms with Gasteiger partial charge >= 0.3 is 0 Å². The van der Waals surface area contributed by atoms with Gasteiger partial charge in [-0.15, -0.1) is 0 Å². The van der Waals surface area contributed by atoms with E-state index in [-0.39, 0.29) is 18.4 Å². The summed E-state index contributed by atoms with van der Waals surface area (Å²) >= 11 is 6.49. The number of aromatic nitrogens is 1. The van der Waals surface area contributed by atoms with Gasteiger partial charge in [0.2, 0.25) is 5.91 Å². The Hall–Kier alpha value is -2.12. The van der Waals surface area contributed by atoms with Crippen LogP contribution in [0.2, 0.25) is 0 Å². The number of carbonyl (C=O) groups is 2. The molecular weight excluding hydrogens is 354 g/mol. The first-order valence-electron chi connectivity index (χ1n) is 8.12. The molecule has 2 aromatic rings. The number of likely N-dealkylation sites (N-methyl/N-ethyl adjacent to an activating group) is 1. The number of hydrogen-bond acceptors (Lipinski definition) is 4. The fraction of sp³-hybridized carbons (Fsp3) is 0.278. The molecule has 1 aliphatic heterocycles. The van der Waals surface area contributed by atoms with E-state index in [1.165, 1.54) is 16.7 Å². The Labute approximate surface area is 155 Å². The molecule has 2 aliphatic rings. The largest absolute Gasteiger partial charge is 0.352 e. The van der Waals surface area contributed by atoms with Gasteiger partial charge in [-0.1, -0.05) is 42.2 Å². The molecule has 0 bridgehead atoms. The minimum absolute atomic E-state index is 0.0229. The number of rotatable bonds is 4. The third kappa shape index (κ3) is 3.21. The molecule has 1 saturated heterocycles. The number of fused-ring (bicyclic) bond motifs is 1. The molecule has 1 saturated carbocycles. The lowest BCUT2D eigenvalue weighted by molar-refractivity contribution is -0.122. The van der Waals surface area contributed by atoms with Gasteiger partial charge in [-0.2, -0.15) is 0 Å². The molecule has 1 aromatic carbocycles. The lowest BCUT2D eigenvalue weighted by atomic mass is 10.1. The van der Waals surface area contributed by atoms with Crippen molar-refractivity contribution in [1.82, 2.24) is 14.8 Å². The van der Waals surface area contributed by atoms with Crippen LogP contribution < -0.4 is 5.32 Å². The Balaban J connectivity index is 1.68. The summed E-state index contributed by atoms with van der Waals surface area (Å²) in [4.78, 5) is 26.5. The van der Waals surface area contributed by atoms with Crippen molar-refractivity contribution in [1.29, 1.82) is 0 Å². The minimum Gasteiger partial charge on any atom is -0.352 e. The summed E-state index contributed by atoms with van der Waals surface area (Å²) in [5, 5.41) is 4.03. The van der Waals surface area contributed by atoms with Crippen molar-refractivity contribution in [2.24, 2.45) is 0 Å². The lowest BCUT2D eigenvalue weighted by Gasteiger charge is -2.05. The average molecular weight is 371 g/mol. The van der Waals surface area contributed by atoms with Crippen LogP contribution in [-0.4, -0.2) is 38.7 Å². The van der Waals surface area contributed by atoms with Gasteiger partial charge in [0.05, 0.1) is 4.91 Å². The summed E-state index contributed by atoms with van der Waals surface area (Å²) in [6, 6.07) is 8.25. The Kier molecular flexibility index (Phi) is 4.13. The Morgan fingerprint density at radius 1 is 1.40 bits per heavy atom. The first-order valence-corrected chi connectivity index (χ1v) is 9.34. The molecule has 5 nitrogen and oxygen atoms in total. The number of hydrogen-bond donors (Lipinski definition) is 1. The molecule has 0 spiro atoms. The Morgan fingerprint density at radius 3 is 2.84 bits per heavy atom. The van der Waals surface area contributed by atoms with E-state index in [0.717, 1.165) is 29.3 Å². The molecule has 0 unspecified atom stereocenters. The SMILES string of the molecule is CN1C(=O)/C(=C/c2cn(CC(=O)NC3CC3)c3ccccc23)SC1=S. The number of thioether (sulfide) groups is 1. The van der Waals surface area contributed by atoms with Gasteiger partial charge in [-0.3, -0.25) is 14.5 Å². The van der Waals surface area contributed by atoms with Crippen molar-refractivity contribution in [2.75, 3.05) is 7.05 Å². The van der Waals surface area contributed by atoms with E-state index in [2.05, 4.69) is 5.32 Å². The molecule has 2 amide bonds. The van der Waals surface area contributed by atoms with Gasteiger partial charge in [0, 0.05) is 35.8 Å². The standard InChI is InChI=1S/C18H17N3O2S2/c1-20-17(23)15(25-18(20)24)8-11-9-21(10-16(22)19-12-6-7-12)14-5-3-2-4-13(11)14/h2-5,8-9,12H,6-7,10H2,1H3,(H,19,22)/b15-8-.